The fourth-order valence-corrected chi connectivity index (χ4v) is 2.41. The van der Waals surface area contributed by atoms with Gasteiger partial charge in [-0.15, -0.1) is 0 Å². The molecular weight excluding hydrogens is 194 g/mol. The van der Waals surface area contributed by atoms with Crippen LogP contribution in [0.15, 0.2) is 0 Å². The highest BCUT2D eigenvalue weighted by Gasteiger charge is 2.36. The van der Waals surface area contributed by atoms with Gasteiger partial charge in [0.25, 0.3) is 0 Å². The topological polar surface area (TPSA) is 47.6 Å². The number of ether oxygens (including phenoxy) is 2. The first-order valence-corrected chi connectivity index (χ1v) is 5.85. The van der Waals surface area contributed by atoms with Gasteiger partial charge in [-0.25, -0.2) is 0 Å². The lowest BCUT2D eigenvalue weighted by atomic mass is 10.1. The van der Waals surface area contributed by atoms with Crippen LogP contribution in [0.5, 0.6) is 0 Å². The average Bonchev–Trinajstić information content (AvgIpc) is 2.89. The lowest BCUT2D eigenvalue weighted by Gasteiger charge is -2.19. The Bertz CT molecular complexity index is 226. The summed E-state index contributed by atoms with van der Waals surface area (Å²) in [5.74, 6) is -0.113. The van der Waals surface area contributed by atoms with E-state index in [-0.39, 0.29) is 12.0 Å². The number of hydrogen-bond donors (Lipinski definition) is 1. The number of hydrogen-bond acceptors (Lipinski definition) is 4. The SMILES string of the molecule is CCOC(=O)C1CCC(C2CCCO2)N1. The molecule has 86 valence electrons. The minimum absolute atomic E-state index is 0.112. The third kappa shape index (κ3) is 2.49. The zero-order chi connectivity index (χ0) is 10.7. The fraction of sp³-hybridized carbons (Fsp3) is 0.909. The predicted octanol–water partition coefficient (Wildman–Crippen LogP) is 0.849. The molecule has 2 aliphatic rings. The van der Waals surface area contributed by atoms with Crippen LogP contribution < -0.4 is 5.32 Å². The molecule has 0 aromatic rings. The van der Waals surface area contributed by atoms with Crippen LogP contribution in [0.2, 0.25) is 0 Å². The maximum Gasteiger partial charge on any atom is 0.323 e. The first-order chi connectivity index (χ1) is 7.31. The van der Waals surface area contributed by atoms with Crippen molar-refractivity contribution in [2.75, 3.05) is 13.2 Å². The third-order valence-electron chi connectivity index (χ3n) is 3.17. The van der Waals surface area contributed by atoms with Crippen LogP contribution in [0.25, 0.3) is 0 Å². The Hall–Kier alpha value is -0.610. The molecule has 15 heavy (non-hydrogen) atoms. The van der Waals surface area contributed by atoms with Gasteiger partial charge >= 0.3 is 5.97 Å². The fourth-order valence-electron chi connectivity index (χ4n) is 2.41. The molecule has 3 atom stereocenters. The van der Waals surface area contributed by atoms with E-state index in [4.69, 9.17) is 9.47 Å². The number of carbonyl (C=O) groups is 1. The van der Waals surface area contributed by atoms with Crippen molar-refractivity contribution < 1.29 is 14.3 Å². The standard InChI is InChI=1S/C11H19NO3/c1-2-14-11(13)9-6-5-8(12-9)10-4-3-7-15-10/h8-10,12H,2-7H2,1H3. The van der Waals surface area contributed by atoms with Crippen LogP contribution >= 0.6 is 0 Å². The smallest absolute Gasteiger partial charge is 0.323 e. The minimum atomic E-state index is -0.113. The highest BCUT2D eigenvalue weighted by Crippen LogP contribution is 2.24. The molecule has 4 heteroatoms. The Morgan fingerprint density at radius 2 is 2.33 bits per heavy atom. The molecule has 2 aliphatic heterocycles. The predicted molar refractivity (Wildman–Crippen MR) is 55.6 cm³/mol. The van der Waals surface area contributed by atoms with Gasteiger partial charge < -0.3 is 9.47 Å². The molecule has 2 rings (SSSR count). The van der Waals surface area contributed by atoms with E-state index in [0.717, 1.165) is 32.3 Å². The Balaban J connectivity index is 1.80. The molecule has 2 saturated heterocycles. The summed E-state index contributed by atoms with van der Waals surface area (Å²) < 4.78 is 10.6. The first-order valence-electron chi connectivity index (χ1n) is 5.85. The summed E-state index contributed by atoms with van der Waals surface area (Å²) in [6.45, 7) is 3.17. The van der Waals surface area contributed by atoms with E-state index in [1.807, 2.05) is 6.92 Å². The van der Waals surface area contributed by atoms with E-state index >= 15 is 0 Å². The monoisotopic (exact) mass is 213 g/mol. The molecular formula is C11H19NO3. The Labute approximate surface area is 90.3 Å². The van der Waals surface area contributed by atoms with Gasteiger partial charge in [0, 0.05) is 12.6 Å². The zero-order valence-corrected chi connectivity index (χ0v) is 9.20. The van der Waals surface area contributed by atoms with Crippen LogP contribution in [0.4, 0.5) is 0 Å². The average molecular weight is 213 g/mol. The molecule has 2 heterocycles. The van der Waals surface area contributed by atoms with Crippen molar-refractivity contribution in [1.29, 1.82) is 0 Å². The molecule has 1 N–H and O–H groups in total. The van der Waals surface area contributed by atoms with E-state index in [1.165, 1.54) is 0 Å². The second kappa shape index (κ2) is 4.94. The molecule has 0 amide bonds. The Morgan fingerprint density at radius 1 is 1.47 bits per heavy atom. The van der Waals surface area contributed by atoms with Crippen LogP contribution in [0, 0.1) is 0 Å². The number of nitrogens with one attached hydrogen (secondary N) is 1. The second-order valence-corrected chi connectivity index (χ2v) is 4.21. The van der Waals surface area contributed by atoms with E-state index in [1.54, 1.807) is 0 Å². The molecule has 3 unspecified atom stereocenters. The van der Waals surface area contributed by atoms with Crippen LogP contribution in [-0.4, -0.2) is 37.4 Å². The van der Waals surface area contributed by atoms with Crippen molar-refractivity contribution in [3.8, 4) is 0 Å². The number of esters is 1. The molecule has 0 radical (unpaired) electrons. The van der Waals surface area contributed by atoms with Crippen molar-refractivity contribution >= 4 is 5.97 Å². The lowest BCUT2D eigenvalue weighted by molar-refractivity contribution is -0.145. The molecule has 0 spiro atoms. The van der Waals surface area contributed by atoms with Gasteiger partial charge in [0.2, 0.25) is 0 Å². The van der Waals surface area contributed by atoms with Gasteiger partial charge in [0.15, 0.2) is 0 Å². The van der Waals surface area contributed by atoms with Crippen molar-refractivity contribution in [2.45, 2.75) is 50.8 Å². The molecule has 4 nitrogen and oxygen atoms in total. The van der Waals surface area contributed by atoms with Crippen molar-refractivity contribution in [1.82, 2.24) is 5.32 Å². The quantitative estimate of drug-likeness (QED) is 0.706. The summed E-state index contributed by atoms with van der Waals surface area (Å²) in [5.41, 5.74) is 0. The van der Waals surface area contributed by atoms with Gasteiger partial charge in [-0.3, -0.25) is 10.1 Å². The summed E-state index contributed by atoms with van der Waals surface area (Å²) >= 11 is 0. The maximum atomic E-state index is 11.5. The van der Waals surface area contributed by atoms with Crippen LogP contribution in [0.1, 0.15) is 32.6 Å². The third-order valence-corrected chi connectivity index (χ3v) is 3.17. The van der Waals surface area contributed by atoms with Gasteiger partial charge in [-0.2, -0.15) is 0 Å². The molecule has 0 saturated carbocycles. The molecule has 0 bridgehead atoms. The summed E-state index contributed by atoms with van der Waals surface area (Å²) in [6.07, 6.45) is 4.47. The van der Waals surface area contributed by atoms with E-state index in [2.05, 4.69) is 5.32 Å². The summed E-state index contributed by atoms with van der Waals surface area (Å²) in [7, 11) is 0. The van der Waals surface area contributed by atoms with Gasteiger partial charge in [0.1, 0.15) is 6.04 Å². The zero-order valence-electron chi connectivity index (χ0n) is 9.20. The highest BCUT2D eigenvalue weighted by atomic mass is 16.5. The van der Waals surface area contributed by atoms with Gasteiger partial charge in [-0.1, -0.05) is 0 Å². The van der Waals surface area contributed by atoms with E-state index in [0.29, 0.717) is 18.8 Å². The molecule has 0 aliphatic carbocycles. The van der Waals surface area contributed by atoms with E-state index < -0.39 is 0 Å². The Morgan fingerprint density at radius 3 is 3.00 bits per heavy atom. The number of carbonyl (C=O) groups excluding carboxylic acids is 1. The summed E-state index contributed by atoms with van der Waals surface area (Å²) in [5, 5.41) is 3.32. The van der Waals surface area contributed by atoms with Crippen molar-refractivity contribution in [2.24, 2.45) is 0 Å². The van der Waals surface area contributed by atoms with Crippen molar-refractivity contribution in [3.63, 3.8) is 0 Å². The number of rotatable bonds is 3. The highest BCUT2D eigenvalue weighted by molar-refractivity contribution is 5.76. The Kier molecular flexibility index (Phi) is 3.59. The second-order valence-electron chi connectivity index (χ2n) is 4.21. The summed E-state index contributed by atoms with van der Waals surface area (Å²) in [4.78, 5) is 11.5. The first kappa shape index (κ1) is 10.9. The van der Waals surface area contributed by atoms with Gasteiger partial charge in [0.05, 0.1) is 12.7 Å². The van der Waals surface area contributed by atoms with E-state index in [9.17, 15) is 4.79 Å². The molecule has 0 aromatic heterocycles. The van der Waals surface area contributed by atoms with Crippen molar-refractivity contribution in [3.05, 3.63) is 0 Å². The summed E-state index contributed by atoms with van der Waals surface area (Å²) in [6, 6.07) is 0.237. The lowest BCUT2D eigenvalue weighted by Crippen LogP contribution is -2.42. The van der Waals surface area contributed by atoms with Crippen LogP contribution in [-0.2, 0) is 14.3 Å². The van der Waals surface area contributed by atoms with Gasteiger partial charge in [-0.05, 0) is 32.6 Å². The molecule has 0 aromatic carbocycles. The van der Waals surface area contributed by atoms with Crippen LogP contribution in [0.3, 0.4) is 0 Å². The molecule has 2 fully saturated rings. The maximum absolute atomic E-state index is 11.5. The normalized spacial score (nSPS) is 35.7. The minimum Gasteiger partial charge on any atom is -0.465 e. The largest absolute Gasteiger partial charge is 0.465 e.